The molecule has 1 N–H and O–H groups in total. The molecule has 7 heteroatoms. The number of aliphatic hydroxyl groups is 1. The van der Waals surface area contributed by atoms with E-state index in [0.717, 1.165) is 0 Å². The summed E-state index contributed by atoms with van der Waals surface area (Å²) >= 11 is 0. The van der Waals surface area contributed by atoms with E-state index in [-0.39, 0.29) is 19.0 Å². The van der Waals surface area contributed by atoms with E-state index in [9.17, 15) is 8.42 Å². The molecule has 0 heterocycles. The lowest BCUT2D eigenvalue weighted by Gasteiger charge is -2.05. The zero-order chi connectivity index (χ0) is 12.3. The molecule has 98 valence electrons. The highest BCUT2D eigenvalue weighted by Gasteiger charge is 2.00. The van der Waals surface area contributed by atoms with Gasteiger partial charge in [0.1, 0.15) is 9.84 Å². The van der Waals surface area contributed by atoms with Crippen molar-refractivity contribution in [1.29, 1.82) is 0 Å². The predicted molar refractivity (Wildman–Crippen MR) is 59.3 cm³/mol. The summed E-state index contributed by atoms with van der Waals surface area (Å²) in [5.41, 5.74) is 0. The molecule has 0 saturated heterocycles. The molecular weight excluding hydrogens is 236 g/mol. The molecule has 0 radical (unpaired) electrons. The van der Waals surface area contributed by atoms with Crippen LogP contribution >= 0.6 is 0 Å². The van der Waals surface area contributed by atoms with Crippen LogP contribution in [-0.2, 0) is 24.0 Å². The van der Waals surface area contributed by atoms with Gasteiger partial charge in [-0.25, -0.2) is 8.42 Å². The van der Waals surface area contributed by atoms with E-state index in [2.05, 4.69) is 0 Å². The molecule has 0 aliphatic heterocycles. The minimum absolute atomic E-state index is 0.00853. The molecule has 0 bridgehead atoms. The standard InChI is InChI=1S/C9H20O6S/c1-16(11,12)9-8-15-7-6-14-5-4-13-3-2-10/h10H,2-9H2,1H3. The summed E-state index contributed by atoms with van der Waals surface area (Å²) in [4.78, 5) is 0. The maximum absolute atomic E-state index is 10.7. The molecular formula is C9H20O6S. The fourth-order valence-corrected chi connectivity index (χ4v) is 1.24. The Hall–Kier alpha value is -0.210. The number of aliphatic hydroxyl groups excluding tert-OH is 1. The van der Waals surface area contributed by atoms with Gasteiger partial charge < -0.3 is 19.3 Å². The average Bonchev–Trinajstić information content (AvgIpc) is 2.19. The van der Waals surface area contributed by atoms with Crippen LogP contribution in [0.3, 0.4) is 0 Å². The summed E-state index contributed by atoms with van der Waals surface area (Å²) in [6, 6.07) is 0. The Bertz CT molecular complexity index is 238. The molecule has 0 saturated carbocycles. The van der Waals surface area contributed by atoms with Gasteiger partial charge in [-0.3, -0.25) is 0 Å². The fraction of sp³-hybridized carbons (Fsp3) is 1.00. The van der Waals surface area contributed by atoms with Crippen LogP contribution < -0.4 is 0 Å². The van der Waals surface area contributed by atoms with Crippen LogP contribution in [-0.4, -0.2) is 71.8 Å². The summed E-state index contributed by atoms with van der Waals surface area (Å²) in [5.74, 6) is 0.0343. The molecule has 0 amide bonds. The van der Waals surface area contributed by atoms with Gasteiger partial charge >= 0.3 is 0 Å². The molecule has 0 aromatic rings. The lowest BCUT2D eigenvalue weighted by Crippen LogP contribution is -2.14. The third kappa shape index (κ3) is 13.8. The van der Waals surface area contributed by atoms with Crippen molar-refractivity contribution in [3.05, 3.63) is 0 Å². The largest absolute Gasteiger partial charge is 0.394 e. The average molecular weight is 256 g/mol. The molecule has 0 unspecified atom stereocenters. The predicted octanol–water partition coefficient (Wildman–Crippen LogP) is -0.927. The van der Waals surface area contributed by atoms with Crippen molar-refractivity contribution >= 4 is 9.84 Å². The molecule has 0 spiro atoms. The summed E-state index contributed by atoms with van der Waals surface area (Å²) < 4.78 is 36.6. The van der Waals surface area contributed by atoms with E-state index >= 15 is 0 Å². The van der Waals surface area contributed by atoms with Gasteiger partial charge in [0.25, 0.3) is 0 Å². The number of rotatable bonds is 11. The summed E-state index contributed by atoms with van der Waals surface area (Å²) in [6.07, 6.45) is 1.17. The first-order chi connectivity index (χ1) is 7.56. The Morgan fingerprint density at radius 2 is 1.31 bits per heavy atom. The van der Waals surface area contributed by atoms with Crippen molar-refractivity contribution in [1.82, 2.24) is 0 Å². The van der Waals surface area contributed by atoms with E-state index in [1.807, 2.05) is 0 Å². The van der Waals surface area contributed by atoms with Crippen molar-refractivity contribution in [2.24, 2.45) is 0 Å². The smallest absolute Gasteiger partial charge is 0.149 e. The van der Waals surface area contributed by atoms with E-state index in [1.54, 1.807) is 0 Å². The number of ether oxygens (including phenoxy) is 3. The number of hydrogen-bond acceptors (Lipinski definition) is 6. The number of hydrogen-bond donors (Lipinski definition) is 1. The molecule has 0 aromatic heterocycles. The van der Waals surface area contributed by atoms with E-state index in [4.69, 9.17) is 19.3 Å². The van der Waals surface area contributed by atoms with Crippen LogP contribution in [0.2, 0.25) is 0 Å². The third-order valence-corrected chi connectivity index (χ3v) is 2.49. The molecule has 0 aliphatic carbocycles. The quantitative estimate of drug-likeness (QED) is 0.481. The molecule has 16 heavy (non-hydrogen) atoms. The summed E-state index contributed by atoms with van der Waals surface area (Å²) in [6.45, 7) is 2.17. The summed E-state index contributed by atoms with van der Waals surface area (Å²) in [5, 5.41) is 8.40. The molecule has 0 atom stereocenters. The normalized spacial score (nSPS) is 11.9. The first-order valence-corrected chi connectivity index (χ1v) is 7.14. The Morgan fingerprint density at radius 3 is 1.75 bits per heavy atom. The Morgan fingerprint density at radius 1 is 0.875 bits per heavy atom. The zero-order valence-corrected chi connectivity index (χ0v) is 10.4. The first-order valence-electron chi connectivity index (χ1n) is 5.08. The van der Waals surface area contributed by atoms with Crippen molar-refractivity contribution in [3.8, 4) is 0 Å². The van der Waals surface area contributed by atoms with Gasteiger partial charge in [0, 0.05) is 6.26 Å². The van der Waals surface area contributed by atoms with E-state index in [0.29, 0.717) is 33.0 Å². The second-order valence-corrected chi connectivity index (χ2v) is 5.45. The van der Waals surface area contributed by atoms with Crippen LogP contribution in [0.4, 0.5) is 0 Å². The molecule has 0 rings (SSSR count). The van der Waals surface area contributed by atoms with Gasteiger partial charge in [-0.1, -0.05) is 0 Å². The molecule has 0 aromatic carbocycles. The van der Waals surface area contributed by atoms with Gasteiger partial charge in [-0.15, -0.1) is 0 Å². The van der Waals surface area contributed by atoms with Gasteiger partial charge in [0.15, 0.2) is 0 Å². The van der Waals surface area contributed by atoms with Gasteiger partial charge in [-0.05, 0) is 0 Å². The highest BCUT2D eigenvalue weighted by molar-refractivity contribution is 7.90. The highest BCUT2D eigenvalue weighted by Crippen LogP contribution is 1.85. The lowest BCUT2D eigenvalue weighted by atomic mass is 10.7. The van der Waals surface area contributed by atoms with Gasteiger partial charge in [0.05, 0.1) is 52.0 Å². The monoisotopic (exact) mass is 256 g/mol. The minimum atomic E-state index is -2.94. The fourth-order valence-electron chi connectivity index (χ4n) is 0.817. The SMILES string of the molecule is CS(=O)(=O)CCOCCOCCOCCO. The zero-order valence-electron chi connectivity index (χ0n) is 9.55. The minimum Gasteiger partial charge on any atom is -0.394 e. The van der Waals surface area contributed by atoms with E-state index in [1.165, 1.54) is 6.26 Å². The lowest BCUT2D eigenvalue weighted by molar-refractivity contribution is 0.00990. The topological polar surface area (TPSA) is 82.1 Å². The van der Waals surface area contributed by atoms with Crippen LogP contribution in [0.15, 0.2) is 0 Å². The Kier molecular flexibility index (Phi) is 9.85. The second kappa shape index (κ2) is 9.98. The highest BCUT2D eigenvalue weighted by atomic mass is 32.2. The second-order valence-electron chi connectivity index (χ2n) is 3.19. The van der Waals surface area contributed by atoms with Crippen LogP contribution in [0.5, 0.6) is 0 Å². The Balaban J connectivity index is 3.05. The first kappa shape index (κ1) is 15.8. The van der Waals surface area contributed by atoms with Crippen LogP contribution in [0.1, 0.15) is 0 Å². The van der Waals surface area contributed by atoms with Crippen molar-refractivity contribution in [3.63, 3.8) is 0 Å². The van der Waals surface area contributed by atoms with Gasteiger partial charge in [-0.2, -0.15) is 0 Å². The van der Waals surface area contributed by atoms with Crippen molar-refractivity contribution in [2.45, 2.75) is 0 Å². The van der Waals surface area contributed by atoms with Crippen molar-refractivity contribution in [2.75, 3.05) is 58.3 Å². The van der Waals surface area contributed by atoms with Crippen LogP contribution in [0, 0.1) is 0 Å². The maximum Gasteiger partial charge on any atom is 0.149 e. The van der Waals surface area contributed by atoms with E-state index < -0.39 is 9.84 Å². The van der Waals surface area contributed by atoms with Crippen molar-refractivity contribution < 1.29 is 27.7 Å². The van der Waals surface area contributed by atoms with Gasteiger partial charge in [0.2, 0.25) is 0 Å². The third-order valence-electron chi connectivity index (χ3n) is 1.58. The van der Waals surface area contributed by atoms with Crippen LogP contribution in [0.25, 0.3) is 0 Å². The Labute approximate surface area is 96.4 Å². The molecule has 0 aliphatic rings. The summed E-state index contributed by atoms with van der Waals surface area (Å²) in [7, 11) is -2.94. The maximum atomic E-state index is 10.7. The number of sulfone groups is 1. The molecule has 6 nitrogen and oxygen atoms in total. The molecule has 0 fully saturated rings.